The highest BCUT2D eigenvalue weighted by atomic mass is 15.2. The summed E-state index contributed by atoms with van der Waals surface area (Å²) in [6, 6.07) is 43.2. The number of fused-ring (bicyclic) bond motifs is 2. The summed E-state index contributed by atoms with van der Waals surface area (Å²) < 4.78 is 0. The zero-order valence-corrected chi connectivity index (χ0v) is 27.5. The smallest absolute Gasteiger partial charge is 0.0887 e. The molecule has 0 saturated carbocycles. The normalized spacial score (nSPS) is 17.0. The van der Waals surface area contributed by atoms with Gasteiger partial charge >= 0.3 is 0 Å². The Morgan fingerprint density at radius 1 is 0.510 bits per heavy atom. The van der Waals surface area contributed by atoms with E-state index < -0.39 is 0 Å². The molecular weight excluding hydrogens is 593 g/mol. The number of benzene rings is 5. The van der Waals surface area contributed by atoms with Gasteiger partial charge in [-0.15, -0.1) is 0 Å². The zero-order valence-electron chi connectivity index (χ0n) is 27.5. The standard InChI is InChI=1S/C47H38N2/c1-3-22-40(23-4-1)48(46-30-14-20-38-17-8-11-28-44(38)46)42-26-10-7-16-36(32-34-42)37-19-13-27-43(35-33-37)49(41-24-5-2-6-25-41)47-31-15-21-39-18-9-12-29-45(39)47/h1-6,8-10,12,14-25,27,29-35H,7,11,13,28H2/b34-32-,36-16+. The number of hydrogen-bond donors (Lipinski definition) is 0. The van der Waals surface area contributed by atoms with Crippen molar-refractivity contribution in [2.75, 3.05) is 9.80 Å². The molecule has 8 rings (SSSR count). The fraction of sp³-hybridized carbons (Fsp3) is 0.0851. The third kappa shape index (κ3) is 6.31. The maximum atomic E-state index is 3.65. The molecule has 0 atom stereocenters. The summed E-state index contributed by atoms with van der Waals surface area (Å²) in [6.07, 6.45) is 26.4. The van der Waals surface area contributed by atoms with Crippen molar-refractivity contribution in [1.29, 1.82) is 0 Å². The first-order chi connectivity index (χ1) is 24.3. The van der Waals surface area contributed by atoms with E-state index in [0.29, 0.717) is 0 Å². The van der Waals surface area contributed by atoms with Crippen LogP contribution >= 0.6 is 0 Å². The minimum Gasteiger partial charge on any atom is -0.310 e. The lowest BCUT2D eigenvalue weighted by Crippen LogP contribution is -2.17. The van der Waals surface area contributed by atoms with Crippen LogP contribution in [-0.2, 0) is 6.42 Å². The Morgan fingerprint density at radius 3 is 2.02 bits per heavy atom. The molecule has 0 N–H and O–H groups in total. The van der Waals surface area contributed by atoms with E-state index in [4.69, 9.17) is 0 Å². The zero-order chi connectivity index (χ0) is 32.8. The van der Waals surface area contributed by atoms with Crippen LogP contribution in [0.3, 0.4) is 0 Å². The van der Waals surface area contributed by atoms with Crippen LogP contribution in [0.5, 0.6) is 0 Å². The van der Waals surface area contributed by atoms with Crippen molar-refractivity contribution in [2.45, 2.75) is 25.7 Å². The first-order valence-electron chi connectivity index (χ1n) is 17.2. The summed E-state index contributed by atoms with van der Waals surface area (Å²) in [5.41, 5.74) is 15.6. The molecule has 236 valence electrons. The molecule has 2 nitrogen and oxygen atoms in total. The molecule has 0 amide bonds. The van der Waals surface area contributed by atoms with Crippen LogP contribution in [0.2, 0.25) is 0 Å². The lowest BCUT2D eigenvalue weighted by atomic mass is 9.94. The largest absolute Gasteiger partial charge is 0.310 e. The predicted molar refractivity (Wildman–Crippen MR) is 208 cm³/mol. The van der Waals surface area contributed by atoms with Crippen molar-refractivity contribution in [3.8, 4) is 0 Å². The molecule has 0 fully saturated rings. The van der Waals surface area contributed by atoms with Gasteiger partial charge in [0.2, 0.25) is 0 Å². The molecule has 0 bridgehead atoms. The maximum absolute atomic E-state index is 3.65. The number of hydrogen-bond acceptors (Lipinski definition) is 2. The molecule has 3 aliphatic carbocycles. The minimum absolute atomic E-state index is 0.805. The topological polar surface area (TPSA) is 6.48 Å². The van der Waals surface area contributed by atoms with E-state index in [1.165, 1.54) is 44.4 Å². The summed E-state index contributed by atoms with van der Waals surface area (Å²) in [5.74, 6) is 0. The molecule has 0 unspecified atom stereocenters. The second-order valence-electron chi connectivity index (χ2n) is 12.4. The molecule has 5 aromatic carbocycles. The van der Waals surface area contributed by atoms with Crippen molar-refractivity contribution in [3.63, 3.8) is 0 Å². The quantitative estimate of drug-likeness (QED) is 0.165. The van der Waals surface area contributed by atoms with E-state index in [1.54, 1.807) is 0 Å². The van der Waals surface area contributed by atoms with Crippen LogP contribution in [0, 0.1) is 0 Å². The lowest BCUT2D eigenvalue weighted by molar-refractivity contribution is 0.975. The Kier molecular flexibility index (Phi) is 8.62. The molecule has 5 aromatic rings. The van der Waals surface area contributed by atoms with Gasteiger partial charge in [-0.3, -0.25) is 0 Å². The predicted octanol–water partition coefficient (Wildman–Crippen LogP) is 12.5. The van der Waals surface area contributed by atoms with Gasteiger partial charge in [0, 0.05) is 22.5 Å². The first-order valence-corrected chi connectivity index (χ1v) is 17.2. The van der Waals surface area contributed by atoms with Crippen molar-refractivity contribution < 1.29 is 0 Å². The summed E-state index contributed by atoms with van der Waals surface area (Å²) in [4.78, 5) is 4.75. The highest BCUT2D eigenvalue weighted by Gasteiger charge is 2.20. The van der Waals surface area contributed by atoms with Crippen molar-refractivity contribution in [2.24, 2.45) is 0 Å². The van der Waals surface area contributed by atoms with E-state index in [-0.39, 0.29) is 0 Å². The van der Waals surface area contributed by atoms with E-state index in [2.05, 4.69) is 198 Å². The molecule has 3 aliphatic rings. The van der Waals surface area contributed by atoms with E-state index in [0.717, 1.165) is 48.5 Å². The summed E-state index contributed by atoms with van der Waals surface area (Å²) in [6.45, 7) is 0. The minimum atomic E-state index is 0.805. The van der Waals surface area contributed by atoms with Gasteiger partial charge in [-0.05, 0) is 108 Å². The summed E-state index contributed by atoms with van der Waals surface area (Å²) >= 11 is 0. The molecule has 0 heterocycles. The van der Waals surface area contributed by atoms with Gasteiger partial charge in [0.25, 0.3) is 0 Å². The fourth-order valence-electron chi connectivity index (χ4n) is 7.05. The van der Waals surface area contributed by atoms with Gasteiger partial charge in [0.05, 0.1) is 17.1 Å². The van der Waals surface area contributed by atoms with E-state index >= 15 is 0 Å². The summed E-state index contributed by atoms with van der Waals surface area (Å²) in [7, 11) is 0. The highest BCUT2D eigenvalue weighted by Crippen LogP contribution is 2.39. The summed E-state index contributed by atoms with van der Waals surface area (Å²) in [5, 5.41) is 2.47. The Hall–Kier alpha value is -6.08. The maximum Gasteiger partial charge on any atom is 0.0887 e. The number of para-hydroxylation sites is 2. The van der Waals surface area contributed by atoms with Crippen molar-refractivity contribution in [1.82, 2.24) is 0 Å². The Labute approximate surface area is 289 Å². The Bertz CT molecular complexity index is 2250. The molecule has 0 saturated heterocycles. The number of nitrogens with zero attached hydrogens (tertiary/aromatic N) is 2. The van der Waals surface area contributed by atoms with Gasteiger partial charge in [0.1, 0.15) is 0 Å². The molecule has 0 aliphatic heterocycles. The van der Waals surface area contributed by atoms with Gasteiger partial charge in [-0.2, -0.15) is 0 Å². The van der Waals surface area contributed by atoms with Gasteiger partial charge in [-0.25, -0.2) is 0 Å². The van der Waals surface area contributed by atoms with Crippen LogP contribution in [-0.4, -0.2) is 0 Å². The van der Waals surface area contributed by atoms with Crippen LogP contribution < -0.4 is 9.80 Å². The SMILES string of the molecule is C1=CC/C=C(C2=CCC=C(N(c3ccccc3)c3cccc4ccccc34)C=C2)\C=C/C=1N(c1ccccc1)c1cccc2c1CCC=C2. The van der Waals surface area contributed by atoms with Gasteiger partial charge in [0.15, 0.2) is 0 Å². The van der Waals surface area contributed by atoms with Gasteiger partial charge < -0.3 is 9.80 Å². The molecule has 0 spiro atoms. The Morgan fingerprint density at radius 2 is 1.18 bits per heavy atom. The van der Waals surface area contributed by atoms with E-state index in [1.807, 2.05) is 0 Å². The lowest BCUT2D eigenvalue weighted by Gasteiger charge is -2.29. The third-order valence-corrected chi connectivity index (χ3v) is 9.38. The van der Waals surface area contributed by atoms with E-state index in [9.17, 15) is 0 Å². The highest BCUT2D eigenvalue weighted by molar-refractivity contribution is 5.97. The molecule has 0 aromatic heterocycles. The average molecular weight is 631 g/mol. The molecule has 49 heavy (non-hydrogen) atoms. The molecule has 2 heteroatoms. The molecule has 0 radical (unpaired) electrons. The average Bonchev–Trinajstić information content (AvgIpc) is 3.40. The third-order valence-electron chi connectivity index (χ3n) is 9.38. The molecular formula is C47H38N2. The second kappa shape index (κ2) is 14.0. The van der Waals surface area contributed by atoms with Crippen LogP contribution in [0.15, 0.2) is 204 Å². The fourth-order valence-corrected chi connectivity index (χ4v) is 7.05. The van der Waals surface area contributed by atoms with Crippen molar-refractivity contribution >= 4 is 39.6 Å². The van der Waals surface area contributed by atoms with Crippen LogP contribution in [0.1, 0.15) is 30.4 Å². The number of anilines is 4. The first kappa shape index (κ1) is 30.3. The second-order valence-corrected chi connectivity index (χ2v) is 12.4. The number of allylic oxidation sites excluding steroid dienone is 10. The van der Waals surface area contributed by atoms with Crippen molar-refractivity contribution in [3.05, 3.63) is 215 Å². The van der Waals surface area contributed by atoms with Gasteiger partial charge in [-0.1, -0.05) is 133 Å². The monoisotopic (exact) mass is 630 g/mol. The number of rotatable bonds is 7. The van der Waals surface area contributed by atoms with Crippen LogP contribution in [0.4, 0.5) is 22.7 Å². The van der Waals surface area contributed by atoms with Crippen LogP contribution in [0.25, 0.3) is 16.8 Å². The Balaban J connectivity index is 1.12.